The summed E-state index contributed by atoms with van der Waals surface area (Å²) in [5.41, 5.74) is 1.27. The number of amides is 1. The van der Waals surface area contributed by atoms with Crippen LogP contribution in [-0.4, -0.2) is 27.3 Å². The van der Waals surface area contributed by atoms with Crippen LogP contribution in [0, 0.1) is 19.7 Å². The Morgan fingerprint density at radius 3 is 2.40 bits per heavy atom. The Hall–Kier alpha value is -3.68. The highest BCUT2D eigenvalue weighted by molar-refractivity contribution is 5.97. The molecular formula is C22H22FN3O4. The van der Waals surface area contributed by atoms with Crippen LogP contribution in [0.3, 0.4) is 0 Å². The molecule has 0 aliphatic rings. The van der Waals surface area contributed by atoms with Gasteiger partial charge in [0.25, 0.3) is 11.5 Å². The Kier molecular flexibility index (Phi) is 5.86. The molecule has 0 aliphatic heterocycles. The van der Waals surface area contributed by atoms with Crippen LogP contribution in [0.1, 0.15) is 28.5 Å². The number of benzene rings is 2. The Bertz CT molecular complexity index is 1170. The third-order valence-corrected chi connectivity index (χ3v) is 4.86. The highest BCUT2D eigenvalue weighted by Crippen LogP contribution is 2.15. The zero-order valence-corrected chi connectivity index (χ0v) is 17.1. The lowest BCUT2D eigenvalue weighted by molar-refractivity contribution is -0.123. The van der Waals surface area contributed by atoms with E-state index in [0.717, 1.165) is 6.07 Å². The number of hydrogen-bond donors (Lipinski definition) is 1. The minimum absolute atomic E-state index is 0.0000694. The smallest absolute Gasteiger partial charge is 0.339 e. The number of nitrogens with one attached hydrogen (secondary N) is 1. The molecule has 1 N–H and O–H groups in total. The van der Waals surface area contributed by atoms with Crippen LogP contribution in [0.2, 0.25) is 0 Å². The maximum Gasteiger partial charge on any atom is 0.339 e. The van der Waals surface area contributed by atoms with Gasteiger partial charge in [-0.15, -0.1) is 0 Å². The maximum absolute atomic E-state index is 13.7. The van der Waals surface area contributed by atoms with Gasteiger partial charge in [-0.25, -0.2) is 13.9 Å². The number of aromatic nitrogens is 2. The first-order chi connectivity index (χ1) is 14.2. The fourth-order valence-corrected chi connectivity index (χ4v) is 2.94. The average Bonchev–Trinajstić information content (AvgIpc) is 2.93. The monoisotopic (exact) mass is 411 g/mol. The van der Waals surface area contributed by atoms with Crippen molar-refractivity contribution in [3.8, 4) is 5.69 Å². The molecule has 2 aromatic carbocycles. The van der Waals surface area contributed by atoms with Gasteiger partial charge < -0.3 is 10.1 Å². The Morgan fingerprint density at radius 2 is 1.77 bits per heavy atom. The molecule has 1 atom stereocenters. The predicted octanol–water partition coefficient (Wildman–Crippen LogP) is 3.12. The van der Waals surface area contributed by atoms with E-state index in [4.69, 9.17) is 4.74 Å². The SMILES string of the molecule is Cc1ccc(C(=O)O[C@H](C)C(=O)Nc2c(C)n(C)n(-c3ccccc3)c2=O)cc1F. The lowest BCUT2D eigenvalue weighted by atomic mass is 10.1. The molecule has 30 heavy (non-hydrogen) atoms. The van der Waals surface area contributed by atoms with E-state index in [1.165, 1.54) is 23.7 Å². The van der Waals surface area contributed by atoms with Crippen molar-refractivity contribution in [3.05, 3.63) is 81.5 Å². The van der Waals surface area contributed by atoms with Crippen molar-refractivity contribution in [2.24, 2.45) is 7.05 Å². The van der Waals surface area contributed by atoms with Crippen LogP contribution < -0.4 is 10.9 Å². The zero-order valence-electron chi connectivity index (χ0n) is 17.1. The molecule has 0 radical (unpaired) electrons. The van der Waals surface area contributed by atoms with Crippen molar-refractivity contribution in [2.75, 3.05) is 5.32 Å². The Morgan fingerprint density at radius 1 is 1.10 bits per heavy atom. The molecule has 1 amide bonds. The van der Waals surface area contributed by atoms with Gasteiger partial charge in [0.2, 0.25) is 0 Å². The van der Waals surface area contributed by atoms with E-state index in [1.54, 1.807) is 49.8 Å². The summed E-state index contributed by atoms with van der Waals surface area (Å²) >= 11 is 0. The quantitative estimate of drug-likeness (QED) is 0.654. The van der Waals surface area contributed by atoms with E-state index >= 15 is 0 Å². The summed E-state index contributed by atoms with van der Waals surface area (Å²) in [5.74, 6) is -2.03. The summed E-state index contributed by atoms with van der Waals surface area (Å²) in [6.07, 6.45) is -1.19. The van der Waals surface area contributed by atoms with Gasteiger partial charge in [-0.2, -0.15) is 0 Å². The first kappa shape index (κ1) is 21.0. The molecule has 0 unspecified atom stereocenters. The van der Waals surface area contributed by atoms with E-state index in [9.17, 15) is 18.8 Å². The summed E-state index contributed by atoms with van der Waals surface area (Å²) in [4.78, 5) is 37.6. The van der Waals surface area contributed by atoms with Crippen molar-refractivity contribution in [2.45, 2.75) is 26.9 Å². The lowest BCUT2D eigenvalue weighted by Crippen LogP contribution is -2.32. The third-order valence-electron chi connectivity index (χ3n) is 4.86. The van der Waals surface area contributed by atoms with E-state index in [2.05, 4.69) is 5.32 Å². The van der Waals surface area contributed by atoms with Crippen molar-refractivity contribution in [1.82, 2.24) is 9.36 Å². The molecular weight excluding hydrogens is 389 g/mol. The standard InChI is InChI=1S/C22H22FN3O4/c1-13-10-11-16(12-18(13)23)22(29)30-15(3)20(27)24-19-14(2)25(4)26(21(19)28)17-8-6-5-7-9-17/h5-12,15H,1-4H3,(H,24,27)/t15-/m1/s1. The highest BCUT2D eigenvalue weighted by Gasteiger charge is 2.23. The van der Waals surface area contributed by atoms with Gasteiger partial charge in [0.05, 0.1) is 16.9 Å². The van der Waals surface area contributed by atoms with Gasteiger partial charge in [-0.3, -0.25) is 14.3 Å². The summed E-state index contributed by atoms with van der Waals surface area (Å²) in [6, 6.07) is 12.9. The van der Waals surface area contributed by atoms with E-state index in [1.807, 2.05) is 6.07 Å². The summed E-state index contributed by atoms with van der Waals surface area (Å²) in [7, 11) is 1.70. The highest BCUT2D eigenvalue weighted by atomic mass is 19.1. The number of carbonyl (C=O) groups excluding carboxylic acids is 2. The molecule has 3 rings (SSSR count). The van der Waals surface area contributed by atoms with E-state index in [-0.39, 0.29) is 11.3 Å². The third kappa shape index (κ3) is 4.03. The number of rotatable bonds is 5. The number of halogens is 1. The number of hydrogen-bond acceptors (Lipinski definition) is 4. The van der Waals surface area contributed by atoms with Gasteiger partial charge in [0.1, 0.15) is 11.5 Å². The largest absolute Gasteiger partial charge is 0.449 e. The van der Waals surface area contributed by atoms with Gasteiger partial charge in [0.15, 0.2) is 6.10 Å². The van der Waals surface area contributed by atoms with Gasteiger partial charge in [0, 0.05) is 7.05 Å². The average molecular weight is 411 g/mol. The number of carbonyl (C=O) groups is 2. The van der Waals surface area contributed by atoms with Crippen LogP contribution in [0.5, 0.6) is 0 Å². The second kappa shape index (κ2) is 8.36. The number of nitrogens with zero attached hydrogens (tertiary/aromatic N) is 2. The maximum atomic E-state index is 13.7. The van der Waals surface area contributed by atoms with Crippen molar-refractivity contribution in [1.29, 1.82) is 0 Å². The van der Waals surface area contributed by atoms with Gasteiger partial charge >= 0.3 is 5.97 Å². The van der Waals surface area contributed by atoms with Crippen LogP contribution in [0.15, 0.2) is 53.3 Å². The molecule has 3 aromatic rings. The molecule has 8 heteroatoms. The van der Waals surface area contributed by atoms with Crippen LogP contribution in [0.25, 0.3) is 5.69 Å². The van der Waals surface area contributed by atoms with E-state index < -0.39 is 29.4 Å². The number of anilines is 1. The molecule has 0 saturated heterocycles. The molecule has 1 heterocycles. The first-order valence-electron chi connectivity index (χ1n) is 9.32. The molecule has 1 aromatic heterocycles. The normalized spacial score (nSPS) is 11.8. The van der Waals surface area contributed by atoms with Crippen molar-refractivity contribution in [3.63, 3.8) is 0 Å². The molecule has 0 fully saturated rings. The van der Waals surface area contributed by atoms with Gasteiger partial charge in [-0.1, -0.05) is 24.3 Å². The summed E-state index contributed by atoms with van der Waals surface area (Å²) in [5, 5.41) is 2.54. The zero-order chi connectivity index (χ0) is 22.0. The molecule has 0 spiro atoms. The first-order valence-corrected chi connectivity index (χ1v) is 9.32. The molecule has 0 bridgehead atoms. The fraction of sp³-hybridized carbons (Fsp3) is 0.227. The predicted molar refractivity (Wildman–Crippen MR) is 110 cm³/mol. The van der Waals surface area contributed by atoms with Crippen LogP contribution in [0.4, 0.5) is 10.1 Å². The Labute approximate surface area is 172 Å². The van der Waals surface area contributed by atoms with Crippen molar-refractivity contribution >= 4 is 17.6 Å². The second-order valence-electron chi connectivity index (χ2n) is 6.94. The van der Waals surface area contributed by atoms with Crippen LogP contribution in [-0.2, 0) is 16.6 Å². The van der Waals surface area contributed by atoms with Crippen LogP contribution >= 0.6 is 0 Å². The summed E-state index contributed by atoms with van der Waals surface area (Å²) < 4.78 is 21.9. The molecule has 0 saturated carbocycles. The molecule has 0 aliphatic carbocycles. The minimum Gasteiger partial charge on any atom is -0.449 e. The Balaban J connectivity index is 1.78. The fourth-order valence-electron chi connectivity index (χ4n) is 2.94. The number of para-hydroxylation sites is 1. The van der Waals surface area contributed by atoms with E-state index in [0.29, 0.717) is 16.9 Å². The number of aryl methyl sites for hydroxylation is 1. The van der Waals surface area contributed by atoms with Crippen molar-refractivity contribution < 1.29 is 18.7 Å². The van der Waals surface area contributed by atoms with Gasteiger partial charge in [-0.05, 0) is 50.6 Å². The number of esters is 1. The topological polar surface area (TPSA) is 82.3 Å². The molecule has 156 valence electrons. The lowest BCUT2D eigenvalue weighted by Gasteiger charge is -2.13. The number of ether oxygens (including phenoxy) is 1. The summed E-state index contributed by atoms with van der Waals surface area (Å²) in [6.45, 7) is 4.65. The molecule has 7 nitrogen and oxygen atoms in total. The second-order valence-corrected chi connectivity index (χ2v) is 6.94. The minimum atomic E-state index is -1.19.